The van der Waals surface area contributed by atoms with Crippen molar-refractivity contribution in [2.45, 2.75) is 18.5 Å². The lowest BCUT2D eigenvalue weighted by molar-refractivity contribution is -0.139. The maximum absolute atomic E-state index is 11.6. The van der Waals surface area contributed by atoms with Gasteiger partial charge in [-0.05, 0) is 23.3 Å². The molecule has 0 saturated carbocycles. The van der Waals surface area contributed by atoms with E-state index in [0.717, 1.165) is 27.7 Å². The van der Waals surface area contributed by atoms with Gasteiger partial charge in [0, 0.05) is 23.0 Å². The molecule has 2 heterocycles. The van der Waals surface area contributed by atoms with Gasteiger partial charge in [-0.3, -0.25) is 10.1 Å². The first-order valence-electron chi connectivity index (χ1n) is 7.58. The van der Waals surface area contributed by atoms with Crippen LogP contribution in [-0.4, -0.2) is 22.1 Å². The minimum Gasteiger partial charge on any atom is -0.480 e. The van der Waals surface area contributed by atoms with Gasteiger partial charge in [-0.2, -0.15) is 0 Å². The molecule has 6 heteroatoms. The van der Waals surface area contributed by atoms with Gasteiger partial charge < -0.3 is 10.1 Å². The number of fused-ring (bicyclic) bond motifs is 3. The lowest BCUT2D eigenvalue weighted by Crippen LogP contribution is -2.45. The summed E-state index contributed by atoms with van der Waals surface area (Å²) in [6.07, 6.45) is 0.420. The van der Waals surface area contributed by atoms with E-state index in [1.54, 1.807) is 6.07 Å². The molecule has 0 aliphatic carbocycles. The van der Waals surface area contributed by atoms with Gasteiger partial charge in [0.2, 0.25) is 0 Å². The van der Waals surface area contributed by atoms with E-state index < -0.39 is 12.0 Å². The first kappa shape index (κ1) is 15.5. The van der Waals surface area contributed by atoms with Crippen LogP contribution in [-0.2, 0) is 11.2 Å². The fraction of sp³-hybridized carbons (Fsp3) is 0.167. The van der Waals surface area contributed by atoms with Gasteiger partial charge in [-0.15, -0.1) is 0 Å². The zero-order valence-electron chi connectivity index (χ0n) is 12.5. The molecule has 0 saturated heterocycles. The number of hydrogen-bond acceptors (Lipinski definition) is 2. The molecule has 3 aromatic rings. The van der Waals surface area contributed by atoms with E-state index in [2.05, 4.69) is 10.3 Å². The maximum Gasteiger partial charge on any atom is 0.321 e. The van der Waals surface area contributed by atoms with E-state index in [4.69, 9.17) is 23.2 Å². The molecule has 122 valence electrons. The van der Waals surface area contributed by atoms with Crippen LogP contribution in [0.25, 0.3) is 10.9 Å². The second-order valence-electron chi connectivity index (χ2n) is 5.90. The number of aromatic nitrogens is 1. The van der Waals surface area contributed by atoms with Crippen molar-refractivity contribution in [1.82, 2.24) is 10.3 Å². The van der Waals surface area contributed by atoms with Crippen LogP contribution < -0.4 is 5.32 Å². The van der Waals surface area contributed by atoms with E-state index in [9.17, 15) is 9.90 Å². The molecule has 4 rings (SSSR count). The van der Waals surface area contributed by atoms with Crippen molar-refractivity contribution in [3.63, 3.8) is 0 Å². The first-order valence-corrected chi connectivity index (χ1v) is 8.34. The second-order valence-corrected chi connectivity index (χ2v) is 6.69. The third kappa shape index (κ3) is 2.38. The summed E-state index contributed by atoms with van der Waals surface area (Å²) >= 11 is 12.5. The molecule has 2 aromatic carbocycles. The van der Waals surface area contributed by atoms with Crippen molar-refractivity contribution in [2.24, 2.45) is 0 Å². The van der Waals surface area contributed by atoms with Crippen LogP contribution in [0, 0.1) is 0 Å². The van der Waals surface area contributed by atoms with Gasteiger partial charge in [0.15, 0.2) is 0 Å². The highest BCUT2D eigenvalue weighted by molar-refractivity contribution is 6.42. The molecule has 24 heavy (non-hydrogen) atoms. The molecule has 3 N–H and O–H groups in total. The van der Waals surface area contributed by atoms with Crippen LogP contribution in [0.1, 0.15) is 22.9 Å². The fourth-order valence-corrected chi connectivity index (χ4v) is 3.80. The molecule has 4 nitrogen and oxygen atoms in total. The molecule has 0 bridgehead atoms. The van der Waals surface area contributed by atoms with Crippen molar-refractivity contribution in [3.8, 4) is 0 Å². The molecule has 0 fully saturated rings. The van der Waals surface area contributed by atoms with E-state index in [1.807, 2.05) is 36.4 Å². The van der Waals surface area contributed by atoms with Gasteiger partial charge in [-0.1, -0.05) is 53.5 Å². The number of hydrogen-bond donors (Lipinski definition) is 3. The van der Waals surface area contributed by atoms with Gasteiger partial charge in [0.1, 0.15) is 6.04 Å². The van der Waals surface area contributed by atoms with Crippen molar-refractivity contribution in [1.29, 1.82) is 0 Å². The van der Waals surface area contributed by atoms with Gasteiger partial charge in [0.05, 0.1) is 16.1 Å². The Morgan fingerprint density at radius 2 is 1.92 bits per heavy atom. The molecule has 0 spiro atoms. The Kier molecular flexibility index (Phi) is 3.76. The molecule has 1 aromatic heterocycles. The van der Waals surface area contributed by atoms with Crippen LogP contribution in [0.3, 0.4) is 0 Å². The Balaban J connectivity index is 1.94. The Morgan fingerprint density at radius 1 is 1.12 bits per heavy atom. The molecule has 2 atom stereocenters. The summed E-state index contributed by atoms with van der Waals surface area (Å²) in [4.78, 5) is 15.0. The van der Waals surface area contributed by atoms with Crippen LogP contribution in [0.15, 0.2) is 42.5 Å². The first-order chi connectivity index (χ1) is 11.6. The SMILES string of the molecule is O=C(O)[C@H]1Cc2c([nH]c3ccccc23)[C@@H](c2cccc(Cl)c2Cl)N1. The average molecular weight is 361 g/mol. The van der Waals surface area contributed by atoms with E-state index in [1.165, 1.54) is 0 Å². The van der Waals surface area contributed by atoms with E-state index >= 15 is 0 Å². The van der Waals surface area contributed by atoms with Gasteiger partial charge >= 0.3 is 5.97 Å². The molecule has 1 aliphatic heterocycles. The number of para-hydroxylation sites is 1. The minimum atomic E-state index is -0.880. The Bertz CT molecular complexity index is 951. The van der Waals surface area contributed by atoms with Crippen molar-refractivity contribution in [3.05, 3.63) is 69.3 Å². The number of aliphatic carboxylic acids is 1. The number of aromatic amines is 1. The van der Waals surface area contributed by atoms with E-state index in [-0.39, 0.29) is 6.04 Å². The normalized spacial score (nSPS) is 20.1. The minimum absolute atomic E-state index is 0.353. The summed E-state index contributed by atoms with van der Waals surface area (Å²) < 4.78 is 0. The van der Waals surface area contributed by atoms with Crippen molar-refractivity contribution in [2.75, 3.05) is 0 Å². The summed E-state index contributed by atoms with van der Waals surface area (Å²) in [7, 11) is 0. The molecule has 1 aliphatic rings. The summed E-state index contributed by atoms with van der Waals surface area (Å²) in [6, 6.07) is 12.3. The number of rotatable bonds is 2. The van der Waals surface area contributed by atoms with Crippen LogP contribution >= 0.6 is 23.2 Å². The number of nitrogens with one attached hydrogen (secondary N) is 2. The van der Waals surface area contributed by atoms with E-state index in [0.29, 0.717) is 16.5 Å². The predicted octanol–water partition coefficient (Wildman–Crippen LogP) is 4.16. The third-order valence-corrected chi connectivity index (χ3v) is 5.34. The standard InChI is InChI=1S/C18H14Cl2N2O2/c19-12-6-3-5-10(15(12)20)16-17-11(8-14(22-16)18(23)24)9-4-1-2-7-13(9)21-17/h1-7,14,16,21-22H,8H2,(H,23,24)/t14-,16-/m1/s1. The highest BCUT2D eigenvalue weighted by Gasteiger charge is 2.34. The van der Waals surface area contributed by atoms with Gasteiger partial charge in [0.25, 0.3) is 0 Å². The number of halogens is 2. The third-order valence-electron chi connectivity index (χ3n) is 4.50. The van der Waals surface area contributed by atoms with Crippen LogP contribution in [0.5, 0.6) is 0 Å². The lowest BCUT2D eigenvalue weighted by Gasteiger charge is -2.30. The summed E-state index contributed by atoms with van der Waals surface area (Å²) in [5.74, 6) is -0.880. The number of H-pyrrole nitrogens is 1. The number of benzene rings is 2. The Hall–Kier alpha value is -2.01. The predicted molar refractivity (Wildman–Crippen MR) is 94.9 cm³/mol. The quantitative estimate of drug-likeness (QED) is 0.642. The summed E-state index contributed by atoms with van der Waals surface area (Å²) in [5.41, 5.74) is 3.71. The average Bonchev–Trinajstić information content (AvgIpc) is 2.95. The molecule has 0 unspecified atom stereocenters. The largest absolute Gasteiger partial charge is 0.480 e. The fourth-order valence-electron chi connectivity index (χ4n) is 3.38. The topological polar surface area (TPSA) is 65.1 Å². The van der Waals surface area contributed by atoms with Crippen LogP contribution in [0.4, 0.5) is 0 Å². The highest BCUT2D eigenvalue weighted by atomic mass is 35.5. The second kappa shape index (κ2) is 5.81. The molecular weight excluding hydrogens is 347 g/mol. The maximum atomic E-state index is 11.6. The number of carboxylic acids is 1. The molecule has 0 amide bonds. The zero-order chi connectivity index (χ0) is 16.8. The molecular formula is C18H14Cl2N2O2. The Morgan fingerprint density at radius 3 is 2.71 bits per heavy atom. The summed E-state index contributed by atoms with van der Waals surface area (Å²) in [5, 5.41) is 14.6. The monoisotopic (exact) mass is 360 g/mol. The van der Waals surface area contributed by atoms with Crippen molar-refractivity contribution >= 4 is 40.1 Å². The number of carboxylic acid groups (broad SMARTS) is 1. The Labute approximate surface area is 148 Å². The van der Waals surface area contributed by atoms with Crippen LogP contribution in [0.2, 0.25) is 10.0 Å². The van der Waals surface area contributed by atoms with Crippen molar-refractivity contribution < 1.29 is 9.90 Å². The van der Waals surface area contributed by atoms with Gasteiger partial charge in [-0.25, -0.2) is 0 Å². The smallest absolute Gasteiger partial charge is 0.321 e. The highest BCUT2D eigenvalue weighted by Crippen LogP contribution is 2.39. The number of carbonyl (C=O) groups is 1. The summed E-state index contributed by atoms with van der Waals surface area (Å²) in [6.45, 7) is 0. The molecule has 0 radical (unpaired) electrons. The zero-order valence-corrected chi connectivity index (χ0v) is 14.0. The lowest BCUT2D eigenvalue weighted by atomic mass is 9.90.